The number of rotatable bonds is 3. The fourth-order valence-corrected chi connectivity index (χ4v) is 3.92. The average molecular weight is 365 g/mol. The molecule has 0 unspecified atom stereocenters. The summed E-state index contributed by atoms with van der Waals surface area (Å²) in [7, 11) is 1.98. The maximum absolute atomic E-state index is 12.9. The number of hydrogen-bond acceptors (Lipinski definition) is 4. The van der Waals surface area contributed by atoms with Crippen LogP contribution in [0.1, 0.15) is 30.3 Å². The molecular weight excluding hydrogens is 342 g/mol. The van der Waals surface area contributed by atoms with Crippen molar-refractivity contribution in [1.29, 1.82) is 0 Å². The number of nitrogens with zero attached hydrogens (tertiary/aromatic N) is 5. The van der Waals surface area contributed by atoms with Gasteiger partial charge in [-0.1, -0.05) is 18.2 Å². The molecule has 7 nitrogen and oxygen atoms in total. The average Bonchev–Trinajstić information content (AvgIpc) is 3.12. The Morgan fingerprint density at radius 1 is 1.26 bits per heavy atom. The molecule has 0 aliphatic carbocycles. The number of benzene rings is 1. The second kappa shape index (κ2) is 6.98. The standard InChI is InChI=1S/C20H23N5O2/c1-14-16-7-3-4-8-17(16)20(27)25(22-14)13-18(26)24-10-5-6-15(12-24)19-21-9-11-23(19)2/h3-4,7-9,11,15H,5-6,10,12-13H2,1-2H3/t15-/m0/s1. The molecule has 0 N–H and O–H groups in total. The van der Waals surface area contributed by atoms with E-state index in [0.29, 0.717) is 18.5 Å². The van der Waals surface area contributed by atoms with E-state index in [2.05, 4.69) is 10.1 Å². The Hall–Kier alpha value is -2.96. The number of amides is 1. The molecule has 27 heavy (non-hydrogen) atoms. The van der Waals surface area contributed by atoms with Gasteiger partial charge in [0.25, 0.3) is 5.56 Å². The van der Waals surface area contributed by atoms with Gasteiger partial charge in [0, 0.05) is 43.8 Å². The number of aryl methyl sites for hydroxylation is 2. The van der Waals surface area contributed by atoms with Crippen LogP contribution >= 0.6 is 0 Å². The van der Waals surface area contributed by atoms with Gasteiger partial charge in [0.1, 0.15) is 12.4 Å². The molecule has 1 atom stereocenters. The molecule has 4 rings (SSSR count). The van der Waals surface area contributed by atoms with Crippen molar-refractivity contribution < 1.29 is 4.79 Å². The van der Waals surface area contributed by atoms with Gasteiger partial charge in [0.15, 0.2) is 0 Å². The molecule has 1 fully saturated rings. The number of piperidine rings is 1. The van der Waals surface area contributed by atoms with Gasteiger partial charge in [-0.3, -0.25) is 9.59 Å². The minimum absolute atomic E-state index is 0.0300. The zero-order valence-corrected chi connectivity index (χ0v) is 15.6. The Morgan fingerprint density at radius 3 is 2.78 bits per heavy atom. The lowest BCUT2D eigenvalue weighted by atomic mass is 9.97. The summed E-state index contributed by atoms with van der Waals surface area (Å²) < 4.78 is 3.31. The van der Waals surface area contributed by atoms with E-state index in [-0.39, 0.29) is 23.9 Å². The number of carbonyl (C=O) groups is 1. The van der Waals surface area contributed by atoms with Gasteiger partial charge in [-0.05, 0) is 25.8 Å². The smallest absolute Gasteiger partial charge is 0.275 e. The topological polar surface area (TPSA) is 73.0 Å². The van der Waals surface area contributed by atoms with Gasteiger partial charge < -0.3 is 9.47 Å². The summed E-state index contributed by atoms with van der Waals surface area (Å²) in [5, 5.41) is 5.79. The second-order valence-corrected chi connectivity index (χ2v) is 7.17. The summed E-state index contributed by atoms with van der Waals surface area (Å²) in [5.41, 5.74) is 0.532. The van der Waals surface area contributed by atoms with E-state index >= 15 is 0 Å². The monoisotopic (exact) mass is 365 g/mol. The summed E-state index contributed by atoms with van der Waals surface area (Å²) >= 11 is 0. The molecule has 3 heterocycles. The van der Waals surface area contributed by atoms with E-state index in [1.165, 1.54) is 4.68 Å². The highest BCUT2D eigenvalue weighted by molar-refractivity contribution is 5.83. The maximum atomic E-state index is 12.9. The summed E-state index contributed by atoms with van der Waals surface area (Å²) in [6, 6.07) is 7.38. The van der Waals surface area contributed by atoms with Crippen molar-refractivity contribution in [2.75, 3.05) is 13.1 Å². The first-order valence-corrected chi connectivity index (χ1v) is 9.26. The summed E-state index contributed by atoms with van der Waals surface area (Å²) in [6.45, 7) is 3.17. The van der Waals surface area contributed by atoms with Crippen LogP contribution in [0.5, 0.6) is 0 Å². The van der Waals surface area contributed by atoms with Crippen LogP contribution in [0, 0.1) is 6.92 Å². The second-order valence-electron chi connectivity index (χ2n) is 7.17. The first kappa shape index (κ1) is 17.5. The van der Waals surface area contributed by atoms with Gasteiger partial charge in [-0.15, -0.1) is 0 Å². The zero-order chi connectivity index (χ0) is 19.0. The first-order valence-electron chi connectivity index (χ1n) is 9.26. The van der Waals surface area contributed by atoms with E-state index < -0.39 is 0 Å². The van der Waals surface area contributed by atoms with E-state index in [4.69, 9.17) is 0 Å². The van der Waals surface area contributed by atoms with Crippen molar-refractivity contribution in [1.82, 2.24) is 24.2 Å². The van der Waals surface area contributed by atoms with Crippen molar-refractivity contribution in [2.24, 2.45) is 7.05 Å². The Kier molecular flexibility index (Phi) is 4.51. The third kappa shape index (κ3) is 3.25. The molecule has 140 valence electrons. The highest BCUT2D eigenvalue weighted by atomic mass is 16.2. The van der Waals surface area contributed by atoms with Crippen LogP contribution in [-0.4, -0.2) is 43.2 Å². The predicted octanol–water partition coefficient (Wildman–Crippen LogP) is 1.84. The SMILES string of the molecule is Cc1nn(CC(=O)N2CCC[C@H](c3nccn3C)C2)c(=O)c2ccccc12. The van der Waals surface area contributed by atoms with Crippen molar-refractivity contribution in [3.63, 3.8) is 0 Å². The molecule has 1 amide bonds. The highest BCUT2D eigenvalue weighted by Gasteiger charge is 2.27. The number of aromatic nitrogens is 4. The minimum Gasteiger partial charge on any atom is -0.340 e. The third-order valence-corrected chi connectivity index (χ3v) is 5.34. The van der Waals surface area contributed by atoms with Crippen LogP contribution in [0.25, 0.3) is 10.8 Å². The van der Waals surface area contributed by atoms with Crippen LogP contribution in [0.2, 0.25) is 0 Å². The molecule has 1 aromatic carbocycles. The Balaban J connectivity index is 1.56. The van der Waals surface area contributed by atoms with Crippen LogP contribution in [-0.2, 0) is 18.4 Å². The summed E-state index contributed by atoms with van der Waals surface area (Å²) in [5.74, 6) is 1.16. The van der Waals surface area contributed by atoms with Crippen LogP contribution in [0.15, 0.2) is 41.5 Å². The fraction of sp³-hybridized carbons (Fsp3) is 0.400. The number of carbonyl (C=O) groups excluding carboxylic acids is 1. The quantitative estimate of drug-likeness (QED) is 0.710. The van der Waals surface area contributed by atoms with Crippen LogP contribution in [0.4, 0.5) is 0 Å². The van der Waals surface area contributed by atoms with Gasteiger partial charge in [-0.25, -0.2) is 9.67 Å². The van der Waals surface area contributed by atoms with Gasteiger partial charge in [0.05, 0.1) is 11.1 Å². The largest absolute Gasteiger partial charge is 0.340 e. The molecule has 1 aliphatic rings. The maximum Gasteiger partial charge on any atom is 0.275 e. The van der Waals surface area contributed by atoms with Gasteiger partial charge in [-0.2, -0.15) is 5.10 Å². The Morgan fingerprint density at radius 2 is 2.04 bits per heavy atom. The molecule has 7 heteroatoms. The van der Waals surface area contributed by atoms with Gasteiger partial charge >= 0.3 is 0 Å². The van der Waals surface area contributed by atoms with Crippen molar-refractivity contribution in [3.8, 4) is 0 Å². The van der Waals surface area contributed by atoms with E-state index in [1.807, 2.05) is 47.8 Å². The lowest BCUT2D eigenvalue weighted by molar-refractivity contribution is -0.133. The van der Waals surface area contributed by atoms with Crippen molar-refractivity contribution in [3.05, 3.63) is 58.5 Å². The van der Waals surface area contributed by atoms with Crippen LogP contribution < -0.4 is 5.56 Å². The number of fused-ring (bicyclic) bond motifs is 1. The van der Waals surface area contributed by atoms with Crippen LogP contribution in [0.3, 0.4) is 0 Å². The molecule has 0 bridgehead atoms. The molecular formula is C20H23N5O2. The number of imidazole rings is 1. The highest BCUT2D eigenvalue weighted by Crippen LogP contribution is 2.25. The first-order chi connectivity index (χ1) is 13.0. The molecule has 1 aliphatic heterocycles. The third-order valence-electron chi connectivity index (χ3n) is 5.34. The number of likely N-dealkylation sites (tertiary alicyclic amines) is 1. The molecule has 0 spiro atoms. The molecule has 3 aromatic rings. The molecule has 1 saturated heterocycles. The van der Waals surface area contributed by atoms with Gasteiger partial charge in [0.2, 0.25) is 5.91 Å². The number of hydrogen-bond donors (Lipinski definition) is 0. The van der Waals surface area contributed by atoms with E-state index in [1.54, 1.807) is 12.3 Å². The fourth-order valence-electron chi connectivity index (χ4n) is 3.92. The molecule has 2 aromatic heterocycles. The predicted molar refractivity (Wildman–Crippen MR) is 103 cm³/mol. The minimum atomic E-state index is -0.220. The lowest BCUT2D eigenvalue weighted by Gasteiger charge is -2.32. The molecule has 0 radical (unpaired) electrons. The van der Waals surface area contributed by atoms with E-state index in [0.717, 1.165) is 29.7 Å². The summed E-state index contributed by atoms with van der Waals surface area (Å²) in [6.07, 6.45) is 5.67. The molecule has 0 saturated carbocycles. The summed E-state index contributed by atoms with van der Waals surface area (Å²) in [4.78, 5) is 31.8. The lowest BCUT2D eigenvalue weighted by Crippen LogP contribution is -2.43. The van der Waals surface area contributed by atoms with Crippen molar-refractivity contribution >= 4 is 16.7 Å². The Bertz CT molecular complexity index is 1050. The Labute approximate surface area is 157 Å². The van der Waals surface area contributed by atoms with E-state index in [9.17, 15) is 9.59 Å². The zero-order valence-electron chi connectivity index (χ0n) is 15.6. The normalized spacial score (nSPS) is 17.4. The van der Waals surface area contributed by atoms with Crippen molar-refractivity contribution in [2.45, 2.75) is 32.2 Å².